The van der Waals surface area contributed by atoms with E-state index in [0.29, 0.717) is 0 Å². The van der Waals surface area contributed by atoms with Gasteiger partial charge in [-0.1, -0.05) is 6.58 Å². The van der Waals surface area contributed by atoms with Gasteiger partial charge in [0.2, 0.25) is 5.91 Å². The topological polar surface area (TPSA) is 43.1 Å². The summed E-state index contributed by atoms with van der Waals surface area (Å²) in [5.74, 6) is -0.481. The van der Waals surface area contributed by atoms with Crippen molar-refractivity contribution in [2.75, 3.05) is 26.7 Å². The Kier molecular flexibility index (Phi) is 14.4. The van der Waals surface area contributed by atoms with Gasteiger partial charge in [-0.25, -0.2) is 0 Å². The van der Waals surface area contributed by atoms with Crippen LogP contribution < -0.4 is 18.1 Å². The van der Waals surface area contributed by atoms with Crippen molar-refractivity contribution in [3.63, 3.8) is 0 Å². The molecule has 0 aromatic carbocycles. The molecule has 0 atom stereocenters. The second-order valence-electron chi connectivity index (χ2n) is 3.17. The summed E-state index contributed by atoms with van der Waals surface area (Å²) in [6, 6.07) is 0. The van der Waals surface area contributed by atoms with Crippen molar-refractivity contribution in [3.8, 4) is 0 Å². The highest BCUT2D eigenvalue weighted by molar-refractivity contribution is 5.84. The van der Waals surface area contributed by atoms with E-state index in [0.717, 1.165) is 6.08 Å². The monoisotopic (exact) mass is 222 g/mol. The molecule has 4 heteroatoms. The van der Waals surface area contributed by atoms with Gasteiger partial charge >= 0.3 is 0 Å². The number of nitrogens with two attached hydrogens (primary N) is 1. The van der Waals surface area contributed by atoms with Crippen molar-refractivity contribution in [1.82, 2.24) is 0 Å². The summed E-state index contributed by atoms with van der Waals surface area (Å²) < 4.78 is 1.21. The van der Waals surface area contributed by atoms with Gasteiger partial charge in [-0.05, 0) is 26.8 Å². The number of carbonyl (C=O) groups excluding carboxylic acids is 1. The molecule has 14 heavy (non-hydrogen) atoms. The Morgan fingerprint density at radius 3 is 1.50 bits per heavy atom. The highest BCUT2D eigenvalue weighted by Crippen LogP contribution is 1.97. The number of nitrogens with zero attached hydrogens (tertiary/aromatic N) is 1. The molecule has 1 amide bonds. The Morgan fingerprint density at radius 2 is 1.50 bits per heavy atom. The summed E-state index contributed by atoms with van der Waals surface area (Å²) >= 11 is 0. The minimum absolute atomic E-state index is 0. The molecule has 0 saturated carbocycles. The Balaban J connectivity index is -0.000000177. The first-order valence-electron chi connectivity index (χ1n) is 4.71. The fourth-order valence-electron chi connectivity index (χ4n) is 0.671. The van der Waals surface area contributed by atoms with E-state index in [2.05, 4.69) is 40.1 Å². The zero-order chi connectivity index (χ0) is 10.9. The number of quaternary nitrogens is 1. The lowest BCUT2D eigenvalue weighted by atomic mass is 10.4. The third kappa shape index (κ3) is 11.5. The minimum Gasteiger partial charge on any atom is -1.00 e. The molecule has 2 N–H and O–H groups in total. The zero-order valence-electron chi connectivity index (χ0n) is 9.72. The van der Waals surface area contributed by atoms with E-state index in [1.54, 1.807) is 0 Å². The van der Waals surface area contributed by atoms with E-state index < -0.39 is 5.91 Å². The van der Waals surface area contributed by atoms with Crippen LogP contribution in [0.25, 0.3) is 0 Å². The van der Waals surface area contributed by atoms with Gasteiger partial charge < -0.3 is 22.6 Å². The fraction of sp³-hybridized carbons (Fsp3) is 0.700. The first-order chi connectivity index (χ1) is 5.95. The van der Waals surface area contributed by atoms with Crippen molar-refractivity contribution in [2.45, 2.75) is 20.8 Å². The molecule has 0 aliphatic rings. The molecule has 0 heterocycles. The average Bonchev–Trinajstić information content (AvgIpc) is 2.17. The Hall–Kier alpha value is -0.540. The van der Waals surface area contributed by atoms with Crippen LogP contribution in [0, 0.1) is 0 Å². The van der Waals surface area contributed by atoms with Gasteiger partial charge in [0.05, 0.1) is 26.7 Å². The highest BCUT2D eigenvalue weighted by atomic mass is 35.5. The molecule has 0 unspecified atom stereocenters. The predicted octanol–water partition coefficient (Wildman–Crippen LogP) is -1.85. The van der Waals surface area contributed by atoms with Crippen LogP contribution in [0.2, 0.25) is 0 Å². The molecule has 0 rings (SSSR count). The third-order valence-electron chi connectivity index (χ3n) is 2.49. The van der Waals surface area contributed by atoms with Gasteiger partial charge in [0.25, 0.3) is 0 Å². The molecule has 0 radical (unpaired) electrons. The fourth-order valence-corrected chi connectivity index (χ4v) is 0.671. The van der Waals surface area contributed by atoms with E-state index >= 15 is 0 Å². The maximum atomic E-state index is 9.47. The Labute approximate surface area is 94.0 Å². The molecular formula is C10H23ClN2O. The van der Waals surface area contributed by atoms with Crippen molar-refractivity contribution >= 4 is 5.91 Å². The number of hydrogen-bond acceptors (Lipinski definition) is 1. The van der Waals surface area contributed by atoms with Gasteiger partial charge in [0.1, 0.15) is 0 Å². The van der Waals surface area contributed by atoms with Gasteiger partial charge in [-0.3, -0.25) is 4.79 Å². The van der Waals surface area contributed by atoms with Crippen LogP contribution in [0.15, 0.2) is 12.7 Å². The third-order valence-corrected chi connectivity index (χ3v) is 2.49. The summed E-state index contributed by atoms with van der Waals surface area (Å²) in [6.45, 7) is 13.6. The summed E-state index contributed by atoms with van der Waals surface area (Å²) in [7, 11) is 2.29. The number of halogens is 1. The maximum Gasteiger partial charge on any atom is 0.240 e. The second-order valence-corrected chi connectivity index (χ2v) is 3.17. The van der Waals surface area contributed by atoms with Crippen LogP contribution >= 0.6 is 0 Å². The van der Waals surface area contributed by atoms with E-state index in [1.165, 1.54) is 24.1 Å². The smallest absolute Gasteiger partial charge is 0.240 e. The van der Waals surface area contributed by atoms with Gasteiger partial charge in [0.15, 0.2) is 0 Å². The van der Waals surface area contributed by atoms with Crippen molar-refractivity contribution in [1.29, 1.82) is 0 Å². The first kappa shape index (κ1) is 19.1. The average molecular weight is 223 g/mol. The minimum atomic E-state index is -0.481. The number of primary amides is 1. The zero-order valence-corrected chi connectivity index (χ0v) is 10.5. The lowest BCUT2D eigenvalue weighted by Crippen LogP contribution is -3.00. The summed E-state index contributed by atoms with van der Waals surface area (Å²) in [6.07, 6.45) is 1.06. The number of hydrogen-bond donors (Lipinski definition) is 1. The second kappa shape index (κ2) is 10.5. The van der Waals surface area contributed by atoms with Crippen molar-refractivity contribution in [3.05, 3.63) is 12.7 Å². The quantitative estimate of drug-likeness (QED) is 0.441. The van der Waals surface area contributed by atoms with Crippen LogP contribution in [-0.4, -0.2) is 37.1 Å². The van der Waals surface area contributed by atoms with Crippen LogP contribution in [0.3, 0.4) is 0 Å². The summed E-state index contributed by atoms with van der Waals surface area (Å²) in [4.78, 5) is 9.47. The molecule has 0 saturated heterocycles. The number of carbonyl (C=O) groups is 1. The molecule has 3 nitrogen and oxygen atoms in total. The lowest BCUT2D eigenvalue weighted by Gasteiger charge is -2.30. The Bertz CT molecular complexity index is 148. The molecule has 0 aliphatic heterocycles. The maximum absolute atomic E-state index is 9.47. The lowest BCUT2D eigenvalue weighted by molar-refractivity contribution is -0.904. The largest absolute Gasteiger partial charge is 1.00 e. The van der Waals surface area contributed by atoms with Crippen molar-refractivity contribution < 1.29 is 21.7 Å². The van der Waals surface area contributed by atoms with Crippen LogP contribution in [0.4, 0.5) is 0 Å². The normalized spacial score (nSPS) is 9.14. The number of rotatable bonds is 4. The van der Waals surface area contributed by atoms with Gasteiger partial charge in [0, 0.05) is 0 Å². The summed E-state index contributed by atoms with van der Waals surface area (Å²) in [5.41, 5.74) is 4.53. The molecule has 0 aliphatic carbocycles. The summed E-state index contributed by atoms with van der Waals surface area (Å²) in [5, 5.41) is 0. The molecule has 0 fully saturated rings. The molecule has 0 aromatic rings. The molecule has 0 bridgehead atoms. The first-order valence-corrected chi connectivity index (χ1v) is 4.71. The Morgan fingerprint density at radius 1 is 1.29 bits per heavy atom. The van der Waals surface area contributed by atoms with E-state index in [4.69, 9.17) is 0 Å². The van der Waals surface area contributed by atoms with Crippen LogP contribution in [0.5, 0.6) is 0 Å². The van der Waals surface area contributed by atoms with E-state index in [-0.39, 0.29) is 12.4 Å². The number of amides is 1. The standard InChI is InChI=1S/C7H18N.C3H5NO.ClH/c1-5-8(4,6-2)7-3;1-2-3(4)5;/h5-7H2,1-4H3;2H,1H2,(H2,4,5);1H/q+1;;/p-1. The van der Waals surface area contributed by atoms with Gasteiger partial charge in [-0.15, -0.1) is 0 Å². The van der Waals surface area contributed by atoms with E-state index in [9.17, 15) is 4.79 Å². The van der Waals surface area contributed by atoms with Crippen molar-refractivity contribution in [2.24, 2.45) is 5.73 Å². The van der Waals surface area contributed by atoms with Gasteiger partial charge in [-0.2, -0.15) is 0 Å². The molecule has 0 aromatic heterocycles. The predicted molar refractivity (Wildman–Crippen MR) is 57.2 cm³/mol. The SMILES string of the molecule is C=CC(N)=O.CC[N+](C)(CC)CC.[Cl-]. The van der Waals surface area contributed by atoms with Crippen LogP contribution in [0.1, 0.15) is 20.8 Å². The molecular weight excluding hydrogens is 200 g/mol. The molecule has 86 valence electrons. The van der Waals surface area contributed by atoms with E-state index in [1.807, 2.05) is 0 Å². The highest BCUT2D eigenvalue weighted by Gasteiger charge is 2.10. The molecule has 0 spiro atoms. The van der Waals surface area contributed by atoms with Crippen LogP contribution in [-0.2, 0) is 4.79 Å².